The molecule has 0 aromatic carbocycles. The number of carbonyl (C=O) groups is 7. The molecular weight excluding hydrogens is 649 g/mol. The van der Waals surface area contributed by atoms with Gasteiger partial charge in [-0.25, -0.2) is 4.79 Å². The fourth-order valence-electron chi connectivity index (χ4n) is 3.87. The van der Waals surface area contributed by atoms with Gasteiger partial charge in [-0.05, 0) is 6.42 Å². The van der Waals surface area contributed by atoms with Crippen molar-refractivity contribution in [2.45, 2.75) is 77.4 Å². The highest BCUT2D eigenvalue weighted by Gasteiger charge is 2.51. The molecule has 5 unspecified atom stereocenters. The van der Waals surface area contributed by atoms with Crippen molar-refractivity contribution >= 4 is 41.6 Å². The summed E-state index contributed by atoms with van der Waals surface area (Å²) >= 11 is 0. The lowest BCUT2D eigenvalue weighted by Gasteiger charge is -2.44. The Balaban J connectivity index is 2.48. The lowest BCUT2D eigenvalue weighted by Crippen LogP contribution is -2.66. The first-order valence-electron chi connectivity index (χ1n) is 14.1. The lowest BCUT2D eigenvalue weighted by atomic mass is 9.96. The second kappa shape index (κ2) is 20.9. The summed E-state index contributed by atoms with van der Waals surface area (Å²) in [6.45, 7) is 3.55. The van der Waals surface area contributed by atoms with Crippen LogP contribution in [0.5, 0.6) is 0 Å². The Morgan fingerprint density at radius 3 is 2.02 bits per heavy atom. The van der Waals surface area contributed by atoms with Gasteiger partial charge in [-0.15, -0.1) is 5.48 Å². The van der Waals surface area contributed by atoms with Crippen LogP contribution in [-0.2, 0) is 66.8 Å². The van der Waals surface area contributed by atoms with E-state index in [0.29, 0.717) is 0 Å². The first-order chi connectivity index (χ1) is 22.0. The van der Waals surface area contributed by atoms with Gasteiger partial charge in [0.2, 0.25) is 17.7 Å². The van der Waals surface area contributed by atoms with Crippen LogP contribution in [0.3, 0.4) is 0 Å². The highest BCUT2D eigenvalue weighted by Crippen LogP contribution is 2.28. The van der Waals surface area contributed by atoms with Crippen LogP contribution in [0.4, 0.5) is 13.2 Å². The highest BCUT2D eigenvalue weighted by molar-refractivity contribution is 5.79. The number of rotatable bonds is 19. The average molecular weight is 689 g/mol. The maximum Gasteiger partial charge on any atom is 0.492 e. The van der Waals surface area contributed by atoms with Gasteiger partial charge in [0.15, 0.2) is 18.5 Å². The monoisotopic (exact) mass is 688 g/mol. The van der Waals surface area contributed by atoms with E-state index >= 15 is 0 Å². The highest BCUT2D eigenvalue weighted by atomic mass is 19.4. The standard InChI is InChI=1S/C26H39F3N4O14/c1-14(34)33-21-23(45-17(4)37)22(44-16(3)36)18(13-43-15(2)35)46-24(21)42-11-10-41-9-8-31-19(38)6-5-7-30-20(39)12-32-47-25(40)26(27,28)29/h18,21-24,32H,5-13H2,1-4H3,(H,30,39)(H,31,38)(H,33,34). The van der Waals surface area contributed by atoms with Gasteiger partial charge in [-0.2, -0.15) is 13.2 Å². The number of alkyl halides is 3. The zero-order valence-electron chi connectivity index (χ0n) is 26.1. The number of carbonyl (C=O) groups excluding carboxylic acids is 7. The molecule has 268 valence electrons. The quantitative estimate of drug-likeness (QED) is 0.0513. The van der Waals surface area contributed by atoms with Crippen LogP contribution in [-0.4, -0.2) is 124 Å². The van der Waals surface area contributed by atoms with Gasteiger partial charge < -0.3 is 49.2 Å². The number of halogens is 3. The van der Waals surface area contributed by atoms with Crippen LogP contribution < -0.4 is 21.4 Å². The third-order valence-electron chi connectivity index (χ3n) is 5.68. The predicted molar refractivity (Wildman–Crippen MR) is 146 cm³/mol. The number of nitrogens with one attached hydrogen (secondary N) is 4. The maximum absolute atomic E-state index is 12.0. The van der Waals surface area contributed by atoms with Crippen LogP contribution >= 0.6 is 0 Å². The molecule has 1 aliphatic heterocycles. The van der Waals surface area contributed by atoms with Crippen molar-refractivity contribution < 1.29 is 80.0 Å². The van der Waals surface area contributed by atoms with Crippen molar-refractivity contribution in [2.24, 2.45) is 0 Å². The maximum atomic E-state index is 12.0. The molecular formula is C26H39F3N4O14. The summed E-state index contributed by atoms with van der Waals surface area (Å²) in [7, 11) is 0. The van der Waals surface area contributed by atoms with Crippen LogP contribution in [0.15, 0.2) is 0 Å². The molecule has 0 spiro atoms. The van der Waals surface area contributed by atoms with Crippen LogP contribution in [0.1, 0.15) is 40.5 Å². The van der Waals surface area contributed by atoms with Crippen molar-refractivity contribution in [3.05, 3.63) is 0 Å². The normalized spacial score (nSPS) is 20.7. The Morgan fingerprint density at radius 1 is 0.787 bits per heavy atom. The Kier molecular flexibility index (Phi) is 18.2. The Bertz CT molecular complexity index is 1090. The minimum Gasteiger partial charge on any atom is -0.463 e. The molecule has 0 aliphatic carbocycles. The van der Waals surface area contributed by atoms with E-state index in [2.05, 4.69) is 20.8 Å². The summed E-state index contributed by atoms with van der Waals surface area (Å²) in [5, 5.41) is 7.46. The molecule has 1 aliphatic rings. The summed E-state index contributed by atoms with van der Waals surface area (Å²) < 4.78 is 68.7. The van der Waals surface area contributed by atoms with Gasteiger partial charge in [-0.1, -0.05) is 0 Å². The number of hydrogen-bond donors (Lipinski definition) is 4. The van der Waals surface area contributed by atoms with Crippen molar-refractivity contribution in [3.8, 4) is 0 Å². The summed E-state index contributed by atoms with van der Waals surface area (Å²) in [5.74, 6) is -6.33. The lowest BCUT2D eigenvalue weighted by molar-refractivity contribution is -0.279. The first-order valence-corrected chi connectivity index (χ1v) is 14.1. The Hall–Kier alpha value is -4.08. The molecule has 21 heteroatoms. The summed E-state index contributed by atoms with van der Waals surface area (Å²) in [4.78, 5) is 84.7. The van der Waals surface area contributed by atoms with E-state index < -0.39 is 79.1 Å². The van der Waals surface area contributed by atoms with E-state index in [4.69, 9.17) is 28.4 Å². The molecule has 5 atom stereocenters. The topological polar surface area (TPSA) is 232 Å². The largest absolute Gasteiger partial charge is 0.492 e. The van der Waals surface area contributed by atoms with Crippen molar-refractivity contribution in [3.63, 3.8) is 0 Å². The minimum atomic E-state index is -5.20. The van der Waals surface area contributed by atoms with E-state index in [0.717, 1.165) is 20.8 Å². The number of hydroxylamine groups is 1. The number of ether oxygens (including phenoxy) is 6. The van der Waals surface area contributed by atoms with Gasteiger partial charge in [0, 0.05) is 47.2 Å². The van der Waals surface area contributed by atoms with E-state index in [1.165, 1.54) is 6.92 Å². The molecule has 1 saturated heterocycles. The summed E-state index contributed by atoms with van der Waals surface area (Å²) in [5.41, 5.74) is 1.59. The molecule has 0 radical (unpaired) electrons. The Labute approximate surface area is 266 Å². The number of amides is 3. The van der Waals surface area contributed by atoms with Gasteiger partial charge in [-0.3, -0.25) is 28.8 Å². The van der Waals surface area contributed by atoms with Crippen molar-refractivity contribution in [1.29, 1.82) is 0 Å². The SMILES string of the molecule is CC(=O)NC1C(OCCOCCNC(=O)CCCNC(=O)CNOC(=O)C(F)(F)F)OC(COC(C)=O)C(OC(C)=O)C1OC(C)=O. The molecule has 47 heavy (non-hydrogen) atoms. The van der Waals surface area contributed by atoms with Crippen molar-refractivity contribution in [1.82, 2.24) is 21.4 Å². The molecule has 0 aromatic rings. The molecule has 4 N–H and O–H groups in total. The number of hydrogen-bond acceptors (Lipinski definition) is 15. The second-order valence-electron chi connectivity index (χ2n) is 9.71. The fourth-order valence-corrected chi connectivity index (χ4v) is 3.87. The predicted octanol–water partition coefficient (Wildman–Crippen LogP) is -1.70. The Morgan fingerprint density at radius 2 is 1.43 bits per heavy atom. The van der Waals surface area contributed by atoms with Gasteiger partial charge >= 0.3 is 30.1 Å². The zero-order valence-corrected chi connectivity index (χ0v) is 26.1. The molecule has 1 rings (SSSR count). The molecule has 1 fully saturated rings. The minimum absolute atomic E-state index is 0.00970. The van der Waals surface area contributed by atoms with Crippen molar-refractivity contribution in [2.75, 3.05) is 46.1 Å². The fraction of sp³-hybridized carbons (Fsp3) is 0.731. The smallest absolute Gasteiger partial charge is 0.463 e. The summed E-state index contributed by atoms with van der Waals surface area (Å²) in [6.07, 6.45) is -9.92. The molecule has 1 heterocycles. The molecule has 3 amide bonds. The van der Waals surface area contributed by atoms with Gasteiger partial charge in [0.25, 0.3) is 0 Å². The van der Waals surface area contributed by atoms with Gasteiger partial charge in [0.1, 0.15) is 25.3 Å². The third kappa shape index (κ3) is 17.4. The van der Waals surface area contributed by atoms with Crippen LogP contribution in [0, 0.1) is 0 Å². The zero-order chi connectivity index (χ0) is 35.6. The molecule has 0 saturated carbocycles. The van der Waals surface area contributed by atoms with Crippen LogP contribution in [0.2, 0.25) is 0 Å². The number of esters is 3. The molecule has 18 nitrogen and oxygen atoms in total. The van der Waals surface area contributed by atoms with Gasteiger partial charge in [0.05, 0.1) is 19.8 Å². The molecule has 0 bridgehead atoms. The third-order valence-corrected chi connectivity index (χ3v) is 5.68. The van der Waals surface area contributed by atoms with E-state index in [1.54, 1.807) is 5.48 Å². The van der Waals surface area contributed by atoms with E-state index in [-0.39, 0.29) is 58.3 Å². The van der Waals surface area contributed by atoms with E-state index in [1.807, 2.05) is 0 Å². The summed E-state index contributed by atoms with van der Waals surface area (Å²) in [6, 6.07) is -1.14. The molecule has 0 aromatic heterocycles. The average Bonchev–Trinajstić information content (AvgIpc) is 2.95. The van der Waals surface area contributed by atoms with E-state index in [9.17, 15) is 46.7 Å². The first kappa shape index (κ1) is 40.9. The second-order valence-corrected chi connectivity index (χ2v) is 9.71. The van der Waals surface area contributed by atoms with Crippen LogP contribution in [0.25, 0.3) is 0 Å².